The lowest BCUT2D eigenvalue weighted by atomic mass is 10.3. The molecule has 0 bridgehead atoms. The average molecular weight is 174 g/mol. The summed E-state index contributed by atoms with van der Waals surface area (Å²) in [6.07, 6.45) is -0.399. The summed E-state index contributed by atoms with van der Waals surface area (Å²) >= 11 is 0. The fraction of sp³-hybridized carbons (Fsp3) is 1.00. The van der Waals surface area contributed by atoms with Crippen LogP contribution < -0.4 is 5.32 Å². The van der Waals surface area contributed by atoms with Gasteiger partial charge in [-0.3, -0.25) is 4.90 Å². The molecule has 1 aliphatic rings. The Labute approximate surface area is 73.5 Å². The van der Waals surface area contributed by atoms with Crippen molar-refractivity contribution in [2.75, 3.05) is 26.2 Å². The Morgan fingerprint density at radius 3 is 2.92 bits per heavy atom. The molecule has 0 aromatic heterocycles. The Balaban J connectivity index is 2.40. The predicted molar refractivity (Wildman–Crippen MR) is 46.7 cm³/mol. The van der Waals surface area contributed by atoms with E-state index in [0.29, 0.717) is 0 Å². The van der Waals surface area contributed by atoms with Gasteiger partial charge in [-0.05, 0) is 6.92 Å². The van der Waals surface area contributed by atoms with Crippen molar-refractivity contribution in [1.82, 2.24) is 10.2 Å². The van der Waals surface area contributed by atoms with Crippen LogP contribution in [0.4, 0.5) is 0 Å². The van der Waals surface area contributed by atoms with Crippen LogP contribution >= 0.6 is 0 Å². The van der Waals surface area contributed by atoms with Gasteiger partial charge in [0.15, 0.2) is 0 Å². The number of hydrogen-bond acceptors (Lipinski definition) is 4. The highest BCUT2D eigenvalue weighted by atomic mass is 16.5. The number of likely N-dealkylation sites (N-methyl/N-ethyl adjacent to an activating group) is 1. The van der Waals surface area contributed by atoms with Gasteiger partial charge in [-0.15, -0.1) is 0 Å². The van der Waals surface area contributed by atoms with Gasteiger partial charge in [-0.25, -0.2) is 0 Å². The SMILES string of the molecule is CCN(C(C)O)C1CNCCO1. The Morgan fingerprint density at radius 1 is 1.75 bits per heavy atom. The van der Waals surface area contributed by atoms with Crippen LogP contribution in [0.5, 0.6) is 0 Å². The molecule has 2 unspecified atom stereocenters. The quantitative estimate of drug-likeness (QED) is 0.571. The second-order valence-corrected chi connectivity index (χ2v) is 2.99. The van der Waals surface area contributed by atoms with Gasteiger partial charge in [-0.1, -0.05) is 6.92 Å². The summed E-state index contributed by atoms with van der Waals surface area (Å²) in [6, 6.07) is 0. The minimum atomic E-state index is -0.431. The van der Waals surface area contributed by atoms with E-state index in [2.05, 4.69) is 5.32 Å². The summed E-state index contributed by atoms with van der Waals surface area (Å²) in [5.41, 5.74) is 0. The first-order valence-electron chi connectivity index (χ1n) is 4.52. The van der Waals surface area contributed by atoms with E-state index in [9.17, 15) is 5.11 Å². The van der Waals surface area contributed by atoms with E-state index in [-0.39, 0.29) is 6.23 Å². The zero-order chi connectivity index (χ0) is 8.97. The zero-order valence-corrected chi connectivity index (χ0v) is 7.79. The first-order chi connectivity index (χ1) is 5.75. The number of morpholine rings is 1. The molecule has 72 valence electrons. The van der Waals surface area contributed by atoms with Crippen LogP contribution in [0.1, 0.15) is 13.8 Å². The van der Waals surface area contributed by atoms with Crippen molar-refractivity contribution in [3.05, 3.63) is 0 Å². The van der Waals surface area contributed by atoms with Gasteiger partial charge >= 0.3 is 0 Å². The molecule has 1 rings (SSSR count). The molecule has 4 heteroatoms. The van der Waals surface area contributed by atoms with Crippen LogP contribution in [0.3, 0.4) is 0 Å². The number of nitrogens with zero attached hydrogens (tertiary/aromatic N) is 1. The van der Waals surface area contributed by atoms with Crippen molar-refractivity contribution < 1.29 is 9.84 Å². The molecule has 0 spiro atoms. The molecule has 0 aliphatic carbocycles. The minimum Gasteiger partial charge on any atom is -0.379 e. The van der Waals surface area contributed by atoms with Gasteiger partial charge in [0, 0.05) is 19.6 Å². The number of ether oxygens (including phenoxy) is 1. The Hall–Kier alpha value is -0.160. The van der Waals surface area contributed by atoms with Gasteiger partial charge in [0.1, 0.15) is 12.5 Å². The number of aliphatic hydroxyl groups excluding tert-OH is 1. The highest BCUT2D eigenvalue weighted by Crippen LogP contribution is 2.06. The zero-order valence-electron chi connectivity index (χ0n) is 7.79. The summed E-state index contributed by atoms with van der Waals surface area (Å²) in [5.74, 6) is 0. The van der Waals surface area contributed by atoms with Gasteiger partial charge in [0.2, 0.25) is 0 Å². The molecular weight excluding hydrogens is 156 g/mol. The van der Waals surface area contributed by atoms with Gasteiger partial charge in [0.05, 0.1) is 6.61 Å². The lowest BCUT2D eigenvalue weighted by Crippen LogP contribution is -2.52. The lowest BCUT2D eigenvalue weighted by Gasteiger charge is -2.35. The first-order valence-corrected chi connectivity index (χ1v) is 4.52. The van der Waals surface area contributed by atoms with Crippen LogP contribution in [0.2, 0.25) is 0 Å². The fourth-order valence-corrected chi connectivity index (χ4v) is 1.47. The maximum absolute atomic E-state index is 9.38. The molecule has 0 saturated carbocycles. The molecular formula is C8H18N2O2. The molecule has 0 aromatic rings. The van der Waals surface area contributed by atoms with Crippen molar-refractivity contribution in [2.24, 2.45) is 0 Å². The maximum atomic E-state index is 9.38. The number of nitrogens with one attached hydrogen (secondary N) is 1. The van der Waals surface area contributed by atoms with E-state index in [4.69, 9.17) is 4.74 Å². The monoisotopic (exact) mass is 174 g/mol. The van der Waals surface area contributed by atoms with Crippen LogP contribution in [-0.2, 0) is 4.74 Å². The topological polar surface area (TPSA) is 44.7 Å². The fourth-order valence-electron chi connectivity index (χ4n) is 1.47. The van der Waals surface area contributed by atoms with Gasteiger partial charge < -0.3 is 15.2 Å². The van der Waals surface area contributed by atoms with Crippen molar-refractivity contribution >= 4 is 0 Å². The largest absolute Gasteiger partial charge is 0.379 e. The minimum absolute atomic E-state index is 0.0312. The highest BCUT2D eigenvalue weighted by molar-refractivity contribution is 4.69. The van der Waals surface area contributed by atoms with E-state index < -0.39 is 6.23 Å². The van der Waals surface area contributed by atoms with Crippen molar-refractivity contribution in [3.63, 3.8) is 0 Å². The number of rotatable bonds is 3. The van der Waals surface area contributed by atoms with Crippen LogP contribution in [0.25, 0.3) is 0 Å². The summed E-state index contributed by atoms with van der Waals surface area (Å²) in [4.78, 5) is 1.92. The van der Waals surface area contributed by atoms with Crippen molar-refractivity contribution in [3.8, 4) is 0 Å². The van der Waals surface area contributed by atoms with Gasteiger partial charge in [0.25, 0.3) is 0 Å². The van der Waals surface area contributed by atoms with E-state index in [1.165, 1.54) is 0 Å². The van der Waals surface area contributed by atoms with Crippen LogP contribution in [0, 0.1) is 0 Å². The molecule has 1 heterocycles. The van der Waals surface area contributed by atoms with Crippen molar-refractivity contribution in [1.29, 1.82) is 0 Å². The van der Waals surface area contributed by atoms with Crippen LogP contribution in [-0.4, -0.2) is 48.7 Å². The Bertz CT molecular complexity index is 124. The molecule has 2 atom stereocenters. The molecule has 0 radical (unpaired) electrons. The van der Waals surface area contributed by atoms with Gasteiger partial charge in [-0.2, -0.15) is 0 Å². The predicted octanol–water partition coefficient (Wildman–Crippen LogP) is -0.407. The van der Waals surface area contributed by atoms with E-state index in [1.54, 1.807) is 6.92 Å². The van der Waals surface area contributed by atoms with E-state index >= 15 is 0 Å². The number of hydrogen-bond donors (Lipinski definition) is 2. The maximum Gasteiger partial charge on any atom is 0.125 e. The molecule has 0 aromatic carbocycles. The van der Waals surface area contributed by atoms with E-state index in [1.807, 2.05) is 11.8 Å². The smallest absolute Gasteiger partial charge is 0.125 e. The molecule has 0 amide bonds. The van der Waals surface area contributed by atoms with E-state index in [0.717, 1.165) is 26.2 Å². The average Bonchev–Trinajstić information content (AvgIpc) is 2.07. The molecule has 1 aliphatic heterocycles. The summed E-state index contributed by atoms with van der Waals surface area (Å²) < 4.78 is 5.50. The third kappa shape index (κ3) is 2.42. The van der Waals surface area contributed by atoms with Crippen LogP contribution in [0.15, 0.2) is 0 Å². The molecule has 1 fully saturated rings. The lowest BCUT2D eigenvalue weighted by molar-refractivity contribution is -0.132. The molecule has 2 N–H and O–H groups in total. The number of aliphatic hydroxyl groups is 1. The summed E-state index contributed by atoms with van der Waals surface area (Å²) in [7, 11) is 0. The normalized spacial score (nSPS) is 27.5. The highest BCUT2D eigenvalue weighted by Gasteiger charge is 2.22. The molecule has 1 saturated heterocycles. The molecule has 12 heavy (non-hydrogen) atoms. The Kier molecular flexibility index (Phi) is 3.94. The second kappa shape index (κ2) is 4.77. The molecule has 4 nitrogen and oxygen atoms in total. The Morgan fingerprint density at radius 2 is 2.50 bits per heavy atom. The first kappa shape index (κ1) is 9.92. The van der Waals surface area contributed by atoms with Crippen molar-refractivity contribution in [2.45, 2.75) is 26.3 Å². The third-order valence-electron chi connectivity index (χ3n) is 2.12. The third-order valence-corrected chi connectivity index (χ3v) is 2.12. The summed E-state index contributed by atoms with van der Waals surface area (Å²) in [5, 5.41) is 12.6. The standard InChI is InChI=1S/C8H18N2O2/c1-3-10(7(2)11)8-6-9-4-5-12-8/h7-9,11H,3-6H2,1-2H3. The summed E-state index contributed by atoms with van der Waals surface area (Å²) in [6.45, 7) is 7.04. The second-order valence-electron chi connectivity index (χ2n) is 2.99.